The molecular formula is C35H35FN8O3. The molecule has 5 aromatic rings. The fourth-order valence-corrected chi connectivity index (χ4v) is 6.42. The molecule has 0 atom stereocenters. The zero-order valence-electron chi connectivity index (χ0n) is 26.1. The summed E-state index contributed by atoms with van der Waals surface area (Å²) < 4.78 is 23.9. The van der Waals surface area contributed by atoms with Crippen molar-refractivity contribution in [3.05, 3.63) is 96.3 Å². The van der Waals surface area contributed by atoms with Crippen molar-refractivity contribution in [2.24, 2.45) is 0 Å². The number of nitrogens with one attached hydrogen (secondary N) is 1. The average molecular weight is 635 g/mol. The Hall–Kier alpha value is -5.52. The summed E-state index contributed by atoms with van der Waals surface area (Å²) in [5.74, 6) is 0.839. The number of carbonyl (C=O) groups excluding carboxylic acids is 2. The predicted molar refractivity (Wildman–Crippen MR) is 176 cm³/mol. The third kappa shape index (κ3) is 6.06. The summed E-state index contributed by atoms with van der Waals surface area (Å²) in [7, 11) is 1.60. The second-order valence-electron chi connectivity index (χ2n) is 11.7. The van der Waals surface area contributed by atoms with Crippen molar-refractivity contribution in [3.63, 3.8) is 0 Å². The number of ether oxygens (including phenoxy) is 1. The molecule has 11 nitrogen and oxygen atoms in total. The first-order valence-electron chi connectivity index (χ1n) is 15.8. The van der Waals surface area contributed by atoms with Crippen LogP contribution < -0.4 is 9.64 Å². The number of anilines is 1. The van der Waals surface area contributed by atoms with Crippen LogP contribution in [0.4, 0.5) is 10.2 Å². The first kappa shape index (κ1) is 30.2. The Morgan fingerprint density at radius 3 is 2.53 bits per heavy atom. The minimum absolute atomic E-state index is 0.0339. The lowest BCUT2D eigenvalue weighted by Gasteiger charge is -2.35. The van der Waals surface area contributed by atoms with Gasteiger partial charge in [-0.05, 0) is 47.9 Å². The van der Waals surface area contributed by atoms with Gasteiger partial charge in [0.1, 0.15) is 17.3 Å². The summed E-state index contributed by atoms with van der Waals surface area (Å²) in [6.07, 6.45) is 7.92. The number of pyridine rings is 1. The van der Waals surface area contributed by atoms with E-state index in [1.165, 1.54) is 0 Å². The first-order valence-corrected chi connectivity index (χ1v) is 15.8. The second kappa shape index (κ2) is 13.1. The van der Waals surface area contributed by atoms with Gasteiger partial charge in [0, 0.05) is 74.6 Å². The second-order valence-corrected chi connectivity index (χ2v) is 11.7. The van der Waals surface area contributed by atoms with Crippen molar-refractivity contribution in [3.8, 4) is 16.9 Å². The molecule has 3 aromatic heterocycles. The van der Waals surface area contributed by atoms with Gasteiger partial charge >= 0.3 is 0 Å². The van der Waals surface area contributed by atoms with Crippen molar-refractivity contribution in [2.75, 3.05) is 51.3 Å². The van der Waals surface area contributed by atoms with Crippen molar-refractivity contribution < 1.29 is 18.7 Å². The normalized spacial score (nSPS) is 15.2. The molecule has 2 aliphatic rings. The van der Waals surface area contributed by atoms with Crippen molar-refractivity contribution in [2.45, 2.75) is 19.4 Å². The minimum atomic E-state index is -0.458. The van der Waals surface area contributed by atoms with E-state index in [1.807, 2.05) is 54.6 Å². The number of hydrogen-bond donors (Lipinski definition) is 1. The topological polar surface area (TPSA) is 112 Å². The van der Waals surface area contributed by atoms with Crippen LogP contribution in [0.15, 0.2) is 79.3 Å². The number of piperazine rings is 1. The molecular weight excluding hydrogens is 599 g/mol. The Kier molecular flexibility index (Phi) is 8.38. The number of aromatic amines is 1. The van der Waals surface area contributed by atoms with Crippen LogP contribution in [0.2, 0.25) is 0 Å². The van der Waals surface area contributed by atoms with Gasteiger partial charge in [-0.2, -0.15) is 0 Å². The molecule has 1 N–H and O–H groups in total. The summed E-state index contributed by atoms with van der Waals surface area (Å²) in [6.45, 7) is 3.59. The molecule has 5 heterocycles. The average Bonchev–Trinajstić information content (AvgIpc) is 3.82. The molecule has 7 rings (SSSR count). The van der Waals surface area contributed by atoms with Crippen LogP contribution in [0.25, 0.3) is 27.6 Å². The van der Waals surface area contributed by atoms with Crippen molar-refractivity contribution in [1.82, 2.24) is 34.8 Å². The highest BCUT2D eigenvalue weighted by molar-refractivity contribution is 6.05. The number of amides is 2. The van der Waals surface area contributed by atoms with Crippen molar-refractivity contribution in [1.29, 1.82) is 0 Å². The lowest BCUT2D eigenvalue weighted by molar-refractivity contribution is -0.131. The first-order chi connectivity index (χ1) is 23.0. The quantitative estimate of drug-likeness (QED) is 0.265. The number of halogens is 1. The van der Waals surface area contributed by atoms with E-state index in [-0.39, 0.29) is 30.3 Å². The van der Waals surface area contributed by atoms with Gasteiger partial charge in [-0.25, -0.2) is 9.37 Å². The molecule has 0 radical (unpaired) electrons. The van der Waals surface area contributed by atoms with E-state index < -0.39 is 5.82 Å². The van der Waals surface area contributed by atoms with E-state index in [0.29, 0.717) is 73.7 Å². The number of nitrogens with zero attached hydrogens (tertiary/aromatic N) is 7. The Balaban J connectivity index is 1.20. The van der Waals surface area contributed by atoms with E-state index in [1.54, 1.807) is 46.2 Å². The number of H-pyrrole nitrogens is 1. The lowest BCUT2D eigenvalue weighted by atomic mass is 9.93. The molecule has 1 fully saturated rings. The molecule has 0 saturated carbocycles. The highest BCUT2D eigenvalue weighted by atomic mass is 19.1. The molecule has 0 spiro atoms. The van der Waals surface area contributed by atoms with E-state index in [9.17, 15) is 9.59 Å². The van der Waals surface area contributed by atoms with Gasteiger partial charge in [0.05, 0.1) is 25.4 Å². The van der Waals surface area contributed by atoms with Crippen LogP contribution in [0, 0.1) is 5.82 Å². The van der Waals surface area contributed by atoms with Crippen LogP contribution in [0.3, 0.4) is 0 Å². The third-order valence-electron chi connectivity index (χ3n) is 8.90. The van der Waals surface area contributed by atoms with E-state index in [4.69, 9.17) is 4.74 Å². The molecule has 0 unspecified atom stereocenters. The molecule has 0 aliphatic carbocycles. The van der Waals surface area contributed by atoms with E-state index >= 15 is 4.39 Å². The Labute approximate surface area is 271 Å². The summed E-state index contributed by atoms with van der Waals surface area (Å²) >= 11 is 0. The molecule has 47 heavy (non-hydrogen) atoms. The van der Waals surface area contributed by atoms with Gasteiger partial charge in [-0.1, -0.05) is 35.6 Å². The Morgan fingerprint density at radius 2 is 1.77 bits per heavy atom. The standard InChI is InChI=1S/C35H35FN8O3/c1-47-30-9-3-2-8-25(30)27-21-26(24-7-6-14-43(23-24)32(45)11-15-44-16-13-38-40-44)33(36)34-28(27)22-29(39-34)35(46)42-19-17-41(18-20-42)31-10-4-5-12-37-31/h2-5,7-10,12-13,16,21-22,39H,6,11,14-15,17-20,23H2,1H3. The number of hydrogen-bond acceptors (Lipinski definition) is 7. The highest BCUT2D eigenvalue weighted by Gasteiger charge is 2.28. The van der Waals surface area contributed by atoms with E-state index in [0.717, 1.165) is 16.9 Å². The number of methoxy groups -OCH3 is 1. The maximum atomic E-state index is 16.6. The number of fused-ring (bicyclic) bond motifs is 1. The number of rotatable bonds is 8. The minimum Gasteiger partial charge on any atom is -0.496 e. The van der Waals surface area contributed by atoms with Gasteiger partial charge in [-0.15, -0.1) is 5.10 Å². The van der Waals surface area contributed by atoms with E-state index in [2.05, 4.69) is 25.2 Å². The molecule has 12 heteroatoms. The van der Waals surface area contributed by atoms with Gasteiger partial charge in [-0.3, -0.25) is 14.3 Å². The zero-order chi connectivity index (χ0) is 32.3. The smallest absolute Gasteiger partial charge is 0.270 e. The number of carbonyl (C=O) groups is 2. The van der Waals surface area contributed by atoms with Crippen molar-refractivity contribution >= 4 is 34.1 Å². The van der Waals surface area contributed by atoms with Gasteiger partial charge in [0.15, 0.2) is 5.82 Å². The maximum absolute atomic E-state index is 16.6. The number of benzene rings is 2. The molecule has 240 valence electrons. The predicted octanol–water partition coefficient (Wildman–Crippen LogP) is 4.64. The van der Waals surface area contributed by atoms with Gasteiger partial charge in [0.25, 0.3) is 5.91 Å². The van der Waals surface area contributed by atoms with Crippen LogP contribution in [0.5, 0.6) is 5.75 Å². The molecule has 1 saturated heterocycles. The van der Waals surface area contributed by atoms with Crippen LogP contribution in [-0.4, -0.2) is 93.0 Å². The number of aryl methyl sites for hydroxylation is 1. The molecule has 2 aromatic carbocycles. The van der Waals surface area contributed by atoms with Crippen LogP contribution in [0.1, 0.15) is 28.9 Å². The summed E-state index contributed by atoms with van der Waals surface area (Å²) in [6, 6.07) is 16.9. The molecule has 2 aliphatic heterocycles. The summed E-state index contributed by atoms with van der Waals surface area (Å²) in [4.78, 5) is 40.2. The van der Waals surface area contributed by atoms with Crippen LogP contribution in [-0.2, 0) is 11.3 Å². The maximum Gasteiger partial charge on any atom is 0.270 e. The van der Waals surface area contributed by atoms with Crippen LogP contribution >= 0.6 is 0 Å². The fourth-order valence-electron chi connectivity index (χ4n) is 6.42. The fraction of sp³-hybridized carbons (Fsp3) is 0.286. The molecule has 2 amide bonds. The largest absolute Gasteiger partial charge is 0.496 e. The number of para-hydroxylation sites is 1. The van der Waals surface area contributed by atoms with Gasteiger partial charge in [0.2, 0.25) is 5.91 Å². The monoisotopic (exact) mass is 634 g/mol. The Morgan fingerprint density at radius 1 is 0.936 bits per heavy atom. The molecule has 0 bridgehead atoms. The zero-order valence-corrected chi connectivity index (χ0v) is 26.1. The third-order valence-corrected chi connectivity index (χ3v) is 8.90. The SMILES string of the molecule is COc1ccccc1-c1cc(C2=CCCN(C(=O)CCn3ccnn3)C2)c(F)c2[nH]c(C(=O)N3CCN(c4ccccn4)CC3)cc12. The summed E-state index contributed by atoms with van der Waals surface area (Å²) in [5, 5.41) is 8.32. The number of aromatic nitrogens is 5. The lowest BCUT2D eigenvalue weighted by Crippen LogP contribution is -2.49. The Bertz CT molecular complexity index is 1930. The van der Waals surface area contributed by atoms with Gasteiger partial charge < -0.3 is 24.4 Å². The summed E-state index contributed by atoms with van der Waals surface area (Å²) in [5.41, 5.74) is 3.18. The highest BCUT2D eigenvalue weighted by Crippen LogP contribution is 2.40.